The summed E-state index contributed by atoms with van der Waals surface area (Å²) in [7, 11) is 0. The normalized spacial score (nSPS) is 10.6. The fourth-order valence-electron chi connectivity index (χ4n) is 1.89. The molecule has 0 fully saturated rings. The topological polar surface area (TPSA) is 38.9 Å². The molecule has 1 aromatic heterocycles. The molecule has 0 aliphatic carbocycles. The van der Waals surface area contributed by atoms with Gasteiger partial charge in [0.25, 0.3) is 0 Å². The third kappa shape index (κ3) is 3.05. The number of nitrogens with two attached hydrogens (primary N) is 1. The predicted molar refractivity (Wildman–Crippen MR) is 78.9 cm³/mol. The molecule has 94 valence electrons. The van der Waals surface area contributed by atoms with Crippen molar-refractivity contribution >= 4 is 17.4 Å². The molecule has 3 heteroatoms. The third-order valence-electron chi connectivity index (χ3n) is 2.94. The van der Waals surface area contributed by atoms with E-state index in [1.807, 2.05) is 19.1 Å². The van der Waals surface area contributed by atoms with Crippen LogP contribution in [0.15, 0.2) is 35.4 Å². The van der Waals surface area contributed by atoms with Crippen LogP contribution in [0.3, 0.4) is 0 Å². The highest BCUT2D eigenvalue weighted by atomic mass is 32.2. The maximum Gasteiger partial charge on any atom is 0.0968 e. The van der Waals surface area contributed by atoms with Crippen molar-refractivity contribution in [3.8, 4) is 0 Å². The Morgan fingerprint density at radius 1 is 1.17 bits per heavy atom. The molecule has 1 heterocycles. The Balaban J connectivity index is 2.14. The van der Waals surface area contributed by atoms with Crippen molar-refractivity contribution in [2.24, 2.45) is 0 Å². The second kappa shape index (κ2) is 5.44. The summed E-state index contributed by atoms with van der Waals surface area (Å²) in [5.74, 6) is 0.909. The lowest BCUT2D eigenvalue weighted by molar-refractivity contribution is 1.05. The first-order valence-corrected chi connectivity index (χ1v) is 6.97. The van der Waals surface area contributed by atoms with Gasteiger partial charge in [0.05, 0.1) is 5.03 Å². The summed E-state index contributed by atoms with van der Waals surface area (Å²) < 4.78 is 0. The Labute approximate surface area is 113 Å². The lowest BCUT2D eigenvalue weighted by atomic mass is 10.1. The first-order chi connectivity index (χ1) is 8.56. The molecule has 0 radical (unpaired) electrons. The van der Waals surface area contributed by atoms with Gasteiger partial charge in [0.2, 0.25) is 0 Å². The fourth-order valence-corrected chi connectivity index (χ4v) is 2.98. The van der Waals surface area contributed by atoms with E-state index >= 15 is 0 Å². The average molecular weight is 258 g/mol. The van der Waals surface area contributed by atoms with Gasteiger partial charge in [-0.05, 0) is 55.7 Å². The number of hydrogen-bond donors (Lipinski definition) is 1. The van der Waals surface area contributed by atoms with E-state index in [4.69, 9.17) is 5.73 Å². The second-order valence-corrected chi connectivity index (χ2v) is 5.54. The number of nitrogens with zero attached hydrogens (tertiary/aromatic N) is 1. The van der Waals surface area contributed by atoms with E-state index in [1.54, 1.807) is 11.8 Å². The molecule has 2 nitrogen and oxygen atoms in total. The first-order valence-electron chi connectivity index (χ1n) is 5.98. The molecule has 0 atom stereocenters. The van der Waals surface area contributed by atoms with E-state index in [9.17, 15) is 0 Å². The molecule has 0 spiro atoms. The van der Waals surface area contributed by atoms with E-state index in [0.717, 1.165) is 22.2 Å². The molecule has 0 bridgehead atoms. The fraction of sp³-hybridized carbons (Fsp3) is 0.267. The lowest BCUT2D eigenvalue weighted by Crippen LogP contribution is -1.94. The van der Waals surface area contributed by atoms with E-state index < -0.39 is 0 Å². The third-order valence-corrected chi connectivity index (χ3v) is 3.90. The van der Waals surface area contributed by atoms with Crippen molar-refractivity contribution in [3.63, 3.8) is 0 Å². The number of hydrogen-bond acceptors (Lipinski definition) is 3. The van der Waals surface area contributed by atoms with Gasteiger partial charge in [-0.2, -0.15) is 0 Å². The van der Waals surface area contributed by atoms with Gasteiger partial charge in [-0.3, -0.25) is 0 Å². The van der Waals surface area contributed by atoms with Crippen molar-refractivity contribution in [1.82, 2.24) is 4.98 Å². The first kappa shape index (κ1) is 13.0. The van der Waals surface area contributed by atoms with Gasteiger partial charge in [-0.1, -0.05) is 12.1 Å². The van der Waals surface area contributed by atoms with E-state index in [1.165, 1.54) is 16.7 Å². The summed E-state index contributed by atoms with van der Waals surface area (Å²) in [6.07, 6.45) is 0. The van der Waals surface area contributed by atoms with Crippen LogP contribution in [0.5, 0.6) is 0 Å². The molecule has 2 rings (SSSR count). The highest BCUT2D eigenvalue weighted by molar-refractivity contribution is 7.98. The zero-order valence-electron chi connectivity index (χ0n) is 11.0. The number of benzene rings is 1. The van der Waals surface area contributed by atoms with Crippen LogP contribution in [0, 0.1) is 20.8 Å². The van der Waals surface area contributed by atoms with Crippen molar-refractivity contribution in [3.05, 3.63) is 52.7 Å². The van der Waals surface area contributed by atoms with Crippen molar-refractivity contribution < 1.29 is 0 Å². The van der Waals surface area contributed by atoms with Crippen LogP contribution in [-0.4, -0.2) is 4.98 Å². The Hall–Kier alpha value is -1.48. The van der Waals surface area contributed by atoms with Gasteiger partial charge >= 0.3 is 0 Å². The van der Waals surface area contributed by atoms with Gasteiger partial charge in [0.1, 0.15) is 0 Å². The van der Waals surface area contributed by atoms with Crippen LogP contribution in [0.2, 0.25) is 0 Å². The SMILES string of the molecule is Cc1cc(C)nc(SCc2cccc(N)c2C)c1. The molecule has 0 saturated carbocycles. The maximum atomic E-state index is 5.91. The van der Waals surface area contributed by atoms with Crippen molar-refractivity contribution in [2.45, 2.75) is 31.6 Å². The molecule has 1 aromatic carbocycles. The molecule has 0 aliphatic heterocycles. The predicted octanol–water partition coefficient (Wildman–Crippen LogP) is 3.88. The van der Waals surface area contributed by atoms with Crippen molar-refractivity contribution in [1.29, 1.82) is 0 Å². The van der Waals surface area contributed by atoms with Gasteiger partial charge in [-0.15, -0.1) is 11.8 Å². The van der Waals surface area contributed by atoms with E-state index in [0.29, 0.717) is 0 Å². The van der Waals surface area contributed by atoms with Crippen LogP contribution in [0.1, 0.15) is 22.4 Å². The molecular formula is C15H18N2S. The Morgan fingerprint density at radius 2 is 1.94 bits per heavy atom. The summed E-state index contributed by atoms with van der Waals surface area (Å²) in [5, 5.41) is 1.08. The van der Waals surface area contributed by atoms with Gasteiger partial charge in [0.15, 0.2) is 0 Å². The minimum absolute atomic E-state index is 0.862. The van der Waals surface area contributed by atoms with Crippen LogP contribution in [0.25, 0.3) is 0 Å². The van der Waals surface area contributed by atoms with E-state index in [2.05, 4.69) is 37.0 Å². The molecule has 18 heavy (non-hydrogen) atoms. The van der Waals surface area contributed by atoms with Gasteiger partial charge in [0, 0.05) is 17.1 Å². The summed E-state index contributed by atoms with van der Waals surface area (Å²) in [6.45, 7) is 6.20. The summed E-state index contributed by atoms with van der Waals surface area (Å²) in [5.41, 5.74) is 11.6. The minimum Gasteiger partial charge on any atom is -0.399 e. The number of anilines is 1. The van der Waals surface area contributed by atoms with Crippen LogP contribution >= 0.6 is 11.8 Å². The number of aryl methyl sites for hydroxylation is 2. The van der Waals surface area contributed by atoms with Gasteiger partial charge < -0.3 is 5.73 Å². The molecule has 0 aliphatic rings. The largest absolute Gasteiger partial charge is 0.399 e. The Kier molecular flexibility index (Phi) is 3.92. The number of thioether (sulfide) groups is 1. The summed E-state index contributed by atoms with van der Waals surface area (Å²) >= 11 is 1.76. The zero-order chi connectivity index (χ0) is 13.1. The monoisotopic (exact) mass is 258 g/mol. The minimum atomic E-state index is 0.862. The molecule has 2 aromatic rings. The van der Waals surface area contributed by atoms with Crippen LogP contribution in [0.4, 0.5) is 5.69 Å². The van der Waals surface area contributed by atoms with Crippen LogP contribution in [-0.2, 0) is 5.75 Å². The number of rotatable bonds is 3. The smallest absolute Gasteiger partial charge is 0.0968 e. The maximum absolute atomic E-state index is 5.91. The molecule has 0 amide bonds. The zero-order valence-corrected chi connectivity index (χ0v) is 11.8. The molecular weight excluding hydrogens is 240 g/mol. The second-order valence-electron chi connectivity index (χ2n) is 4.54. The van der Waals surface area contributed by atoms with Crippen LogP contribution < -0.4 is 5.73 Å². The number of aromatic nitrogens is 1. The highest BCUT2D eigenvalue weighted by Crippen LogP contribution is 2.25. The number of pyridine rings is 1. The summed E-state index contributed by atoms with van der Waals surface area (Å²) in [6, 6.07) is 10.3. The number of nitrogen functional groups attached to an aromatic ring is 1. The lowest BCUT2D eigenvalue weighted by Gasteiger charge is -2.08. The highest BCUT2D eigenvalue weighted by Gasteiger charge is 2.04. The Bertz CT molecular complexity index is 544. The molecule has 0 unspecified atom stereocenters. The quantitative estimate of drug-likeness (QED) is 0.670. The Morgan fingerprint density at radius 3 is 2.67 bits per heavy atom. The summed E-state index contributed by atoms with van der Waals surface area (Å²) in [4.78, 5) is 4.53. The molecule has 2 N–H and O–H groups in total. The van der Waals surface area contributed by atoms with Crippen molar-refractivity contribution in [2.75, 3.05) is 5.73 Å². The van der Waals surface area contributed by atoms with Gasteiger partial charge in [-0.25, -0.2) is 4.98 Å². The standard InChI is InChI=1S/C15H18N2S/c1-10-7-11(2)17-15(8-10)18-9-13-5-4-6-14(16)12(13)3/h4-8H,9,16H2,1-3H3. The molecule has 0 saturated heterocycles. The van der Waals surface area contributed by atoms with E-state index in [-0.39, 0.29) is 0 Å². The average Bonchev–Trinajstić information content (AvgIpc) is 2.30.